The molecule has 2 saturated carbocycles. The molecule has 0 spiro atoms. The number of rotatable bonds is 4. The Labute approximate surface area is 182 Å². The molecular formula is C23H19N3O6. The second-order valence-electron chi connectivity index (χ2n) is 8.70. The van der Waals surface area contributed by atoms with E-state index in [0.717, 1.165) is 12.0 Å². The van der Waals surface area contributed by atoms with Gasteiger partial charge < -0.3 is 9.57 Å². The van der Waals surface area contributed by atoms with Gasteiger partial charge >= 0.3 is 0 Å². The van der Waals surface area contributed by atoms with Gasteiger partial charge in [0.05, 0.1) is 35.3 Å². The van der Waals surface area contributed by atoms with E-state index in [1.807, 2.05) is 0 Å². The molecule has 32 heavy (non-hydrogen) atoms. The summed E-state index contributed by atoms with van der Waals surface area (Å²) in [6, 6.07) is 13.1. The molecule has 0 unspecified atom stereocenters. The molecule has 2 bridgehead atoms. The predicted octanol–water partition coefficient (Wildman–Crippen LogP) is 2.78. The van der Waals surface area contributed by atoms with E-state index in [1.54, 1.807) is 43.5 Å². The lowest BCUT2D eigenvalue weighted by atomic mass is 9.71. The number of hydrogen-bond donors (Lipinski definition) is 0. The second-order valence-corrected chi connectivity index (χ2v) is 8.70. The first-order valence-electron chi connectivity index (χ1n) is 10.5. The molecule has 0 N–H and O–H groups in total. The van der Waals surface area contributed by atoms with Gasteiger partial charge in [0.15, 0.2) is 0 Å². The molecule has 0 aromatic heterocycles. The number of nitrogens with zero attached hydrogens (tertiary/aromatic N) is 3. The third-order valence-corrected chi connectivity index (χ3v) is 7.40. The second kappa shape index (κ2) is 6.62. The maximum atomic E-state index is 13.4. The molecule has 2 aromatic rings. The van der Waals surface area contributed by atoms with Crippen molar-refractivity contribution in [2.24, 2.45) is 34.7 Å². The average molecular weight is 433 g/mol. The van der Waals surface area contributed by atoms with E-state index in [4.69, 9.17) is 9.57 Å². The number of nitro benzene ring substituents is 1. The van der Waals surface area contributed by atoms with Crippen LogP contribution in [0.15, 0.2) is 53.7 Å². The lowest BCUT2D eigenvalue weighted by molar-refractivity contribution is -0.384. The van der Waals surface area contributed by atoms with Gasteiger partial charge in [0.1, 0.15) is 11.9 Å². The Bertz CT molecular complexity index is 1180. The number of benzene rings is 2. The van der Waals surface area contributed by atoms with Crippen LogP contribution in [-0.2, 0) is 14.4 Å². The van der Waals surface area contributed by atoms with Gasteiger partial charge in [-0.25, -0.2) is 0 Å². The van der Waals surface area contributed by atoms with E-state index in [2.05, 4.69) is 5.16 Å². The molecule has 2 aliphatic carbocycles. The highest BCUT2D eigenvalue weighted by molar-refractivity contribution is 6.23. The van der Waals surface area contributed by atoms with Crippen LogP contribution in [0.2, 0.25) is 0 Å². The van der Waals surface area contributed by atoms with Gasteiger partial charge in [0, 0.05) is 29.5 Å². The number of oxime groups is 1. The molecule has 162 valence electrons. The van der Waals surface area contributed by atoms with Crippen LogP contribution in [0.5, 0.6) is 5.75 Å². The van der Waals surface area contributed by atoms with Crippen molar-refractivity contribution in [1.82, 2.24) is 0 Å². The number of carbonyl (C=O) groups excluding carboxylic acids is 2. The van der Waals surface area contributed by atoms with E-state index in [9.17, 15) is 19.7 Å². The van der Waals surface area contributed by atoms with Gasteiger partial charge in [-0.3, -0.25) is 24.6 Å². The molecule has 6 rings (SSSR count). The highest BCUT2D eigenvalue weighted by atomic mass is 16.6. The van der Waals surface area contributed by atoms with Crippen LogP contribution in [0.3, 0.4) is 0 Å². The molecule has 4 aliphatic rings. The quantitative estimate of drug-likeness (QED) is 0.416. The first-order chi connectivity index (χ1) is 15.5. The van der Waals surface area contributed by atoms with Gasteiger partial charge in [0.2, 0.25) is 11.8 Å². The zero-order valence-electron chi connectivity index (χ0n) is 17.1. The minimum atomic E-state index is -0.446. The smallest absolute Gasteiger partial charge is 0.269 e. The third-order valence-electron chi connectivity index (χ3n) is 7.40. The van der Waals surface area contributed by atoms with Crippen LogP contribution < -0.4 is 9.64 Å². The van der Waals surface area contributed by atoms with Crippen LogP contribution in [-0.4, -0.2) is 35.7 Å². The van der Waals surface area contributed by atoms with Gasteiger partial charge in [-0.2, -0.15) is 0 Å². The third kappa shape index (κ3) is 2.41. The largest absolute Gasteiger partial charge is 0.497 e. The lowest BCUT2D eigenvalue weighted by Crippen LogP contribution is -2.41. The molecule has 9 heteroatoms. The molecule has 6 atom stereocenters. The zero-order valence-corrected chi connectivity index (χ0v) is 17.1. The molecule has 0 radical (unpaired) electrons. The van der Waals surface area contributed by atoms with Crippen molar-refractivity contribution >= 4 is 28.9 Å². The Balaban J connectivity index is 1.30. The maximum absolute atomic E-state index is 13.4. The van der Waals surface area contributed by atoms with E-state index in [-0.39, 0.29) is 41.4 Å². The fraction of sp³-hybridized carbons (Fsp3) is 0.348. The summed E-state index contributed by atoms with van der Waals surface area (Å²) in [5.41, 5.74) is 2.00. The predicted molar refractivity (Wildman–Crippen MR) is 112 cm³/mol. The summed E-state index contributed by atoms with van der Waals surface area (Å²) in [5.74, 6) is -0.729. The van der Waals surface area contributed by atoms with Crippen molar-refractivity contribution < 1.29 is 24.1 Å². The van der Waals surface area contributed by atoms with Crippen molar-refractivity contribution in [3.8, 4) is 5.75 Å². The summed E-state index contributed by atoms with van der Waals surface area (Å²) < 4.78 is 5.17. The van der Waals surface area contributed by atoms with Crippen molar-refractivity contribution in [3.63, 3.8) is 0 Å². The molecule has 1 saturated heterocycles. The van der Waals surface area contributed by atoms with Gasteiger partial charge in [-0.15, -0.1) is 0 Å². The number of amides is 2. The number of non-ortho nitro benzene ring substituents is 1. The molecule has 9 nitrogen and oxygen atoms in total. The Hall–Kier alpha value is -3.75. The first kappa shape index (κ1) is 19.0. The van der Waals surface area contributed by atoms with Crippen molar-refractivity contribution in [1.29, 1.82) is 0 Å². The topological polar surface area (TPSA) is 111 Å². The van der Waals surface area contributed by atoms with Crippen molar-refractivity contribution in [3.05, 3.63) is 64.2 Å². The minimum Gasteiger partial charge on any atom is -0.497 e. The maximum Gasteiger partial charge on any atom is 0.269 e. The highest BCUT2D eigenvalue weighted by Crippen LogP contribution is 2.62. The summed E-state index contributed by atoms with van der Waals surface area (Å²) in [4.78, 5) is 44.3. The van der Waals surface area contributed by atoms with Crippen molar-refractivity contribution in [2.75, 3.05) is 12.0 Å². The molecule has 2 aliphatic heterocycles. The van der Waals surface area contributed by atoms with Crippen molar-refractivity contribution in [2.45, 2.75) is 12.5 Å². The fourth-order valence-electron chi connectivity index (χ4n) is 6.10. The average Bonchev–Trinajstić information content (AvgIpc) is 3.54. The first-order valence-corrected chi connectivity index (χ1v) is 10.5. The Morgan fingerprint density at radius 3 is 2.28 bits per heavy atom. The molecule has 3 fully saturated rings. The minimum absolute atomic E-state index is 0.00419. The van der Waals surface area contributed by atoms with Crippen LogP contribution in [0.25, 0.3) is 0 Å². The summed E-state index contributed by atoms with van der Waals surface area (Å²) in [6.07, 6.45) is 0.490. The number of fused-ring (bicyclic) bond motifs is 8. The number of anilines is 1. The van der Waals surface area contributed by atoms with Gasteiger partial charge in [-0.1, -0.05) is 5.16 Å². The fourth-order valence-corrected chi connectivity index (χ4v) is 6.10. The number of hydrogen-bond acceptors (Lipinski definition) is 7. The molecule has 2 amide bonds. The summed E-state index contributed by atoms with van der Waals surface area (Å²) in [7, 11) is 1.56. The van der Waals surface area contributed by atoms with Crippen LogP contribution in [0.4, 0.5) is 11.4 Å². The number of carbonyl (C=O) groups is 2. The van der Waals surface area contributed by atoms with Crippen LogP contribution in [0, 0.1) is 39.7 Å². The SMILES string of the molecule is COc1ccc(N2C(=O)[C@@H]3[C@H]4C[C@@H]([C@H]5ON=C(c6ccc([N+](=O)[O-])cc6)[C@@H]45)[C@H]3C2=O)cc1. The van der Waals surface area contributed by atoms with E-state index >= 15 is 0 Å². The van der Waals surface area contributed by atoms with E-state index < -0.39 is 16.8 Å². The Morgan fingerprint density at radius 1 is 1.00 bits per heavy atom. The molecular weight excluding hydrogens is 414 g/mol. The van der Waals surface area contributed by atoms with Gasteiger partial charge in [0.25, 0.3) is 5.69 Å². The highest BCUT2D eigenvalue weighted by Gasteiger charge is 2.70. The van der Waals surface area contributed by atoms with Crippen LogP contribution in [0.1, 0.15) is 12.0 Å². The molecule has 2 heterocycles. The number of nitro groups is 1. The molecule has 2 aromatic carbocycles. The summed E-state index contributed by atoms with van der Waals surface area (Å²) in [6.45, 7) is 0. The number of imide groups is 1. The summed E-state index contributed by atoms with van der Waals surface area (Å²) in [5, 5.41) is 15.2. The number of ether oxygens (including phenoxy) is 1. The van der Waals surface area contributed by atoms with E-state index in [0.29, 0.717) is 17.1 Å². The zero-order chi connectivity index (χ0) is 22.1. The number of methoxy groups -OCH3 is 1. The Kier molecular flexibility index (Phi) is 3.93. The standard InChI is InChI=1S/C23H19N3O6/c1-31-14-8-6-12(7-9-14)25-22(27)17-15-10-16(18(17)23(25)28)21-19(15)20(24-32-21)11-2-4-13(5-3-11)26(29)30/h2-9,15-19,21H,10H2,1H3/t15-,16-,17-,18-,19-,21-/m1/s1. The lowest BCUT2D eigenvalue weighted by Gasteiger charge is -2.29. The normalized spacial score (nSPS) is 31.9. The van der Waals surface area contributed by atoms with Crippen LogP contribution >= 0.6 is 0 Å². The van der Waals surface area contributed by atoms with Gasteiger partial charge in [-0.05, 0) is 48.7 Å². The summed E-state index contributed by atoms with van der Waals surface area (Å²) >= 11 is 0. The monoisotopic (exact) mass is 433 g/mol. The Morgan fingerprint density at radius 2 is 1.66 bits per heavy atom. The van der Waals surface area contributed by atoms with E-state index in [1.165, 1.54) is 17.0 Å².